The van der Waals surface area contributed by atoms with E-state index in [0.29, 0.717) is 12.5 Å². The fourth-order valence-electron chi connectivity index (χ4n) is 4.79. The van der Waals surface area contributed by atoms with Crippen LogP contribution in [-0.2, 0) is 0 Å². The predicted octanol–water partition coefficient (Wildman–Crippen LogP) is 5.05. The topological polar surface area (TPSA) is 78.7 Å². The highest BCUT2D eigenvalue weighted by Gasteiger charge is 2.21. The highest BCUT2D eigenvalue weighted by Crippen LogP contribution is 2.29. The Morgan fingerprint density at radius 3 is 2.72 bits per heavy atom. The lowest BCUT2D eigenvalue weighted by Crippen LogP contribution is -2.27. The van der Waals surface area contributed by atoms with E-state index in [0.717, 1.165) is 59.2 Å². The summed E-state index contributed by atoms with van der Waals surface area (Å²) in [7, 11) is 4.05. The number of hydrogen-bond acceptors (Lipinski definition) is 7. The molecule has 0 bridgehead atoms. The Morgan fingerprint density at radius 2 is 1.97 bits per heavy atom. The van der Waals surface area contributed by atoms with Gasteiger partial charge in [-0.1, -0.05) is 30.3 Å². The third kappa shape index (κ3) is 5.23. The maximum absolute atomic E-state index is 12.6. The predicted molar refractivity (Wildman–Crippen MR) is 144 cm³/mol. The minimum Gasteiger partial charge on any atom is -0.354 e. The molecular formula is C28H33N7O. The Hall–Kier alpha value is -3.78. The second kappa shape index (κ2) is 10.5. The lowest BCUT2D eigenvalue weighted by Gasteiger charge is -2.23. The van der Waals surface area contributed by atoms with Crippen LogP contribution >= 0.6 is 0 Å². The number of nitrogens with one attached hydrogen (secondary N) is 1. The SMILES string of the molecule is C[C@H]1CCCN1c1cccc(Nc2cc(-c3ccc(C(=O)CCCN(C)C)cc3)cn3ncnc23)n1. The van der Waals surface area contributed by atoms with Gasteiger partial charge < -0.3 is 15.1 Å². The van der Waals surface area contributed by atoms with Gasteiger partial charge >= 0.3 is 0 Å². The Balaban J connectivity index is 1.38. The van der Waals surface area contributed by atoms with Gasteiger partial charge in [0.15, 0.2) is 11.4 Å². The molecule has 0 spiro atoms. The van der Waals surface area contributed by atoms with E-state index < -0.39 is 0 Å². The van der Waals surface area contributed by atoms with Crippen molar-refractivity contribution in [1.29, 1.82) is 0 Å². The molecule has 36 heavy (non-hydrogen) atoms. The highest BCUT2D eigenvalue weighted by atomic mass is 16.1. The van der Waals surface area contributed by atoms with Crippen molar-refractivity contribution in [3.63, 3.8) is 0 Å². The van der Waals surface area contributed by atoms with E-state index in [-0.39, 0.29) is 5.78 Å². The second-order valence-corrected chi connectivity index (χ2v) is 9.77. The number of fused-ring (bicyclic) bond motifs is 1. The average molecular weight is 484 g/mol. The quantitative estimate of drug-likeness (QED) is 0.334. The van der Waals surface area contributed by atoms with Crippen LogP contribution in [0.3, 0.4) is 0 Å². The van der Waals surface area contributed by atoms with Crippen LogP contribution in [-0.4, -0.2) is 63.5 Å². The van der Waals surface area contributed by atoms with E-state index in [4.69, 9.17) is 4.98 Å². The Bertz CT molecular complexity index is 1350. The van der Waals surface area contributed by atoms with Gasteiger partial charge in [-0.2, -0.15) is 5.10 Å². The van der Waals surface area contributed by atoms with Gasteiger partial charge in [0, 0.05) is 36.3 Å². The summed E-state index contributed by atoms with van der Waals surface area (Å²) in [6, 6.07) is 16.5. The van der Waals surface area contributed by atoms with Crippen molar-refractivity contribution in [3.8, 4) is 11.1 Å². The molecule has 0 amide bonds. The summed E-state index contributed by atoms with van der Waals surface area (Å²) in [5.74, 6) is 1.94. The third-order valence-corrected chi connectivity index (χ3v) is 6.77. The van der Waals surface area contributed by atoms with Crippen molar-refractivity contribution in [2.75, 3.05) is 37.4 Å². The van der Waals surface area contributed by atoms with E-state index in [1.807, 2.05) is 56.7 Å². The molecule has 1 saturated heterocycles. The van der Waals surface area contributed by atoms with Gasteiger partial charge in [-0.3, -0.25) is 4.79 Å². The van der Waals surface area contributed by atoms with E-state index >= 15 is 0 Å². The van der Waals surface area contributed by atoms with Crippen molar-refractivity contribution in [2.45, 2.75) is 38.6 Å². The van der Waals surface area contributed by atoms with Gasteiger partial charge in [-0.05, 0) is 70.6 Å². The molecule has 3 aromatic heterocycles. The van der Waals surface area contributed by atoms with Crippen LogP contribution in [0.15, 0.2) is 61.1 Å². The number of anilines is 3. The van der Waals surface area contributed by atoms with Crippen LogP contribution in [0.25, 0.3) is 16.8 Å². The lowest BCUT2D eigenvalue weighted by atomic mass is 10.0. The minimum atomic E-state index is 0.177. The number of Topliss-reactive ketones (excluding diaryl/α,β-unsaturated/α-hetero) is 1. The monoisotopic (exact) mass is 483 g/mol. The van der Waals surface area contributed by atoms with Crippen molar-refractivity contribution in [1.82, 2.24) is 24.5 Å². The molecule has 0 unspecified atom stereocenters. The van der Waals surface area contributed by atoms with Crippen LogP contribution in [0.5, 0.6) is 0 Å². The van der Waals surface area contributed by atoms with E-state index in [2.05, 4.69) is 44.3 Å². The molecule has 5 rings (SSSR count). The van der Waals surface area contributed by atoms with Crippen LogP contribution in [0.4, 0.5) is 17.3 Å². The van der Waals surface area contributed by atoms with Crippen LogP contribution < -0.4 is 10.2 Å². The van der Waals surface area contributed by atoms with Crippen LogP contribution in [0.2, 0.25) is 0 Å². The maximum Gasteiger partial charge on any atom is 0.178 e. The lowest BCUT2D eigenvalue weighted by molar-refractivity contribution is 0.0977. The molecule has 0 aliphatic carbocycles. The zero-order valence-corrected chi connectivity index (χ0v) is 21.2. The van der Waals surface area contributed by atoms with Gasteiger partial charge in [0.25, 0.3) is 0 Å². The number of carbonyl (C=O) groups is 1. The average Bonchev–Trinajstić information content (AvgIpc) is 3.53. The Morgan fingerprint density at radius 1 is 1.14 bits per heavy atom. The Labute approximate surface area is 212 Å². The summed E-state index contributed by atoms with van der Waals surface area (Å²) in [5.41, 5.74) is 4.29. The third-order valence-electron chi connectivity index (χ3n) is 6.77. The molecule has 1 aliphatic heterocycles. The summed E-state index contributed by atoms with van der Waals surface area (Å²) in [6.07, 6.45) is 7.31. The Kier molecular flexibility index (Phi) is 6.95. The van der Waals surface area contributed by atoms with Gasteiger partial charge in [0.05, 0.1) is 5.69 Å². The number of carbonyl (C=O) groups excluding carboxylic acids is 1. The van der Waals surface area contributed by atoms with Crippen molar-refractivity contribution in [2.24, 2.45) is 0 Å². The normalized spacial score (nSPS) is 15.7. The van der Waals surface area contributed by atoms with Gasteiger partial charge in [0.1, 0.15) is 18.0 Å². The molecule has 8 heteroatoms. The standard InChI is InChI=1S/C28H33N7O/c1-20-7-5-16-34(20)27-10-4-9-26(32-27)31-24-17-23(18-35-28(24)29-19-30-35)21-11-13-22(14-12-21)25(36)8-6-15-33(2)3/h4,9-14,17-20H,5-8,15-16H2,1-3H3,(H,31,32)/t20-/m0/s1. The zero-order chi connectivity index (χ0) is 25.1. The number of benzene rings is 1. The fraction of sp³-hybridized carbons (Fsp3) is 0.357. The molecule has 4 aromatic rings. The molecule has 1 aromatic carbocycles. The van der Waals surface area contributed by atoms with Crippen molar-refractivity contribution >= 4 is 28.8 Å². The smallest absolute Gasteiger partial charge is 0.178 e. The highest BCUT2D eigenvalue weighted by molar-refractivity contribution is 5.96. The zero-order valence-electron chi connectivity index (χ0n) is 21.2. The molecule has 1 aliphatic rings. The fourth-order valence-corrected chi connectivity index (χ4v) is 4.79. The maximum atomic E-state index is 12.6. The summed E-state index contributed by atoms with van der Waals surface area (Å²) in [5, 5.41) is 7.83. The molecular weight excluding hydrogens is 450 g/mol. The first-order valence-corrected chi connectivity index (χ1v) is 12.6. The summed E-state index contributed by atoms with van der Waals surface area (Å²) in [4.78, 5) is 26.3. The van der Waals surface area contributed by atoms with Crippen molar-refractivity contribution in [3.05, 3.63) is 66.6 Å². The first-order valence-electron chi connectivity index (χ1n) is 12.6. The van der Waals surface area contributed by atoms with Crippen LogP contribution in [0.1, 0.15) is 43.0 Å². The molecule has 186 valence electrons. The summed E-state index contributed by atoms with van der Waals surface area (Å²) in [6.45, 7) is 4.20. The molecule has 1 atom stereocenters. The minimum absolute atomic E-state index is 0.177. The summed E-state index contributed by atoms with van der Waals surface area (Å²) < 4.78 is 1.77. The molecule has 8 nitrogen and oxygen atoms in total. The first kappa shape index (κ1) is 23.9. The van der Waals surface area contributed by atoms with E-state index in [9.17, 15) is 4.79 Å². The number of hydrogen-bond donors (Lipinski definition) is 1. The number of rotatable bonds is 9. The largest absolute Gasteiger partial charge is 0.354 e. The molecule has 1 N–H and O–H groups in total. The van der Waals surface area contributed by atoms with Crippen LogP contribution in [0, 0.1) is 0 Å². The van der Waals surface area contributed by atoms with Gasteiger partial charge in [0.2, 0.25) is 0 Å². The first-order chi connectivity index (χ1) is 17.5. The number of aromatic nitrogens is 4. The molecule has 1 fully saturated rings. The molecule has 0 radical (unpaired) electrons. The van der Waals surface area contributed by atoms with E-state index in [1.165, 1.54) is 12.8 Å². The summed E-state index contributed by atoms with van der Waals surface area (Å²) >= 11 is 0. The van der Waals surface area contributed by atoms with Crippen molar-refractivity contribution < 1.29 is 4.79 Å². The van der Waals surface area contributed by atoms with Gasteiger partial charge in [-0.15, -0.1) is 0 Å². The van der Waals surface area contributed by atoms with Gasteiger partial charge in [-0.25, -0.2) is 14.5 Å². The number of ketones is 1. The number of nitrogens with zero attached hydrogens (tertiary/aromatic N) is 6. The molecule has 4 heterocycles. The second-order valence-electron chi connectivity index (χ2n) is 9.77. The van der Waals surface area contributed by atoms with E-state index in [1.54, 1.807) is 10.8 Å². The molecule has 0 saturated carbocycles. The number of pyridine rings is 2.